The van der Waals surface area contributed by atoms with E-state index in [1.54, 1.807) is 0 Å². The highest BCUT2D eigenvalue weighted by atomic mass is 32.2. The quantitative estimate of drug-likeness (QED) is 0.727. The highest BCUT2D eigenvalue weighted by molar-refractivity contribution is 8.00. The molecule has 0 atom stereocenters. The fraction of sp³-hybridized carbons (Fsp3) is 0.222. The van der Waals surface area contributed by atoms with E-state index in [1.165, 1.54) is 12.4 Å². The molecule has 1 rings (SSSR count). The van der Waals surface area contributed by atoms with E-state index in [0.717, 1.165) is 11.8 Å². The van der Waals surface area contributed by atoms with E-state index in [-0.39, 0.29) is 23.0 Å². The fourth-order valence-corrected chi connectivity index (χ4v) is 1.39. The summed E-state index contributed by atoms with van der Waals surface area (Å²) in [5, 5.41) is 19.4. The van der Waals surface area contributed by atoms with Crippen molar-refractivity contribution in [3.8, 4) is 6.07 Å². The van der Waals surface area contributed by atoms with E-state index < -0.39 is 11.9 Å². The first-order valence-electron chi connectivity index (χ1n) is 4.44. The van der Waals surface area contributed by atoms with Gasteiger partial charge in [0.2, 0.25) is 5.91 Å². The molecule has 88 valence electrons. The van der Waals surface area contributed by atoms with Crippen molar-refractivity contribution in [2.75, 3.05) is 16.8 Å². The predicted octanol–water partition coefficient (Wildman–Crippen LogP) is 0.370. The minimum absolute atomic E-state index is 0.0587. The summed E-state index contributed by atoms with van der Waals surface area (Å²) in [7, 11) is 0. The molecule has 0 fully saturated rings. The average Bonchev–Trinajstić information content (AvgIpc) is 2.29. The van der Waals surface area contributed by atoms with Gasteiger partial charge < -0.3 is 10.4 Å². The molecule has 2 N–H and O–H groups in total. The van der Waals surface area contributed by atoms with Crippen LogP contribution in [-0.2, 0) is 4.79 Å². The molecule has 0 radical (unpaired) electrons. The van der Waals surface area contributed by atoms with Crippen LogP contribution in [0.2, 0.25) is 0 Å². The Labute approximate surface area is 101 Å². The van der Waals surface area contributed by atoms with Gasteiger partial charge in [0.15, 0.2) is 11.5 Å². The van der Waals surface area contributed by atoms with Crippen LogP contribution in [0.25, 0.3) is 0 Å². The molecule has 0 bridgehead atoms. The summed E-state index contributed by atoms with van der Waals surface area (Å²) in [4.78, 5) is 29.4. The number of nitrogens with one attached hydrogen (secondary N) is 1. The summed E-state index contributed by atoms with van der Waals surface area (Å²) in [6.07, 6.45) is 2.51. The molecule has 0 aliphatic heterocycles. The molecule has 0 aliphatic carbocycles. The molecule has 17 heavy (non-hydrogen) atoms. The number of amides is 1. The topological polar surface area (TPSA) is 116 Å². The van der Waals surface area contributed by atoms with E-state index >= 15 is 0 Å². The van der Waals surface area contributed by atoms with Gasteiger partial charge in [-0.15, -0.1) is 11.8 Å². The van der Waals surface area contributed by atoms with Gasteiger partial charge in [-0.05, 0) is 0 Å². The summed E-state index contributed by atoms with van der Waals surface area (Å²) in [6, 6.07) is 1.88. The van der Waals surface area contributed by atoms with Crippen molar-refractivity contribution in [1.82, 2.24) is 9.97 Å². The van der Waals surface area contributed by atoms with Crippen molar-refractivity contribution in [3.63, 3.8) is 0 Å². The molecular formula is C9H8N4O3S. The smallest absolute Gasteiger partial charge is 0.358 e. The van der Waals surface area contributed by atoms with Crippen molar-refractivity contribution < 1.29 is 14.7 Å². The van der Waals surface area contributed by atoms with Crippen LogP contribution in [0, 0.1) is 11.3 Å². The van der Waals surface area contributed by atoms with Gasteiger partial charge in [0.1, 0.15) is 0 Å². The second kappa shape index (κ2) is 6.44. The Bertz CT molecular complexity index is 472. The molecule has 7 nitrogen and oxygen atoms in total. The summed E-state index contributed by atoms with van der Waals surface area (Å²) < 4.78 is 0. The van der Waals surface area contributed by atoms with Gasteiger partial charge in [-0.2, -0.15) is 5.26 Å². The number of rotatable bonds is 5. The lowest BCUT2D eigenvalue weighted by molar-refractivity contribution is -0.113. The highest BCUT2D eigenvalue weighted by Crippen LogP contribution is 2.09. The number of carboxylic acid groups (broad SMARTS) is 1. The van der Waals surface area contributed by atoms with Crippen molar-refractivity contribution >= 4 is 29.5 Å². The maximum atomic E-state index is 11.4. The summed E-state index contributed by atoms with van der Waals surface area (Å²) in [5.74, 6) is -1.53. The zero-order valence-electron chi connectivity index (χ0n) is 8.58. The second-order valence-corrected chi connectivity index (χ2v) is 3.74. The molecule has 0 spiro atoms. The predicted molar refractivity (Wildman–Crippen MR) is 60.6 cm³/mol. The molecule has 0 unspecified atom stereocenters. The first-order valence-corrected chi connectivity index (χ1v) is 5.59. The van der Waals surface area contributed by atoms with Gasteiger partial charge in [0.25, 0.3) is 0 Å². The van der Waals surface area contributed by atoms with Crippen molar-refractivity contribution in [1.29, 1.82) is 5.26 Å². The van der Waals surface area contributed by atoms with E-state index in [2.05, 4.69) is 15.3 Å². The number of hydrogen-bond donors (Lipinski definition) is 2. The minimum Gasteiger partial charge on any atom is -0.476 e. The standard InChI is InChI=1S/C9H8N4O3S/c10-1-4-17-5-6(14)13-8-7(9(15)16)11-2-3-12-8/h2-3H,4-5H2,(H,15,16)(H,12,13,14). The van der Waals surface area contributed by atoms with Crippen molar-refractivity contribution in [3.05, 3.63) is 18.1 Å². The third-order valence-corrected chi connectivity index (χ3v) is 2.36. The van der Waals surface area contributed by atoms with E-state index in [4.69, 9.17) is 10.4 Å². The Morgan fingerprint density at radius 3 is 2.82 bits per heavy atom. The van der Waals surface area contributed by atoms with Crippen LogP contribution < -0.4 is 5.32 Å². The first-order chi connectivity index (χ1) is 8.15. The number of carbonyl (C=O) groups is 2. The molecule has 8 heteroatoms. The van der Waals surface area contributed by atoms with Gasteiger partial charge in [-0.1, -0.05) is 0 Å². The van der Waals surface area contributed by atoms with Gasteiger partial charge in [0, 0.05) is 12.4 Å². The monoisotopic (exact) mass is 252 g/mol. The maximum absolute atomic E-state index is 11.4. The number of hydrogen-bond acceptors (Lipinski definition) is 6. The van der Waals surface area contributed by atoms with Crippen LogP contribution in [0.1, 0.15) is 10.5 Å². The Morgan fingerprint density at radius 1 is 1.47 bits per heavy atom. The molecule has 0 aliphatic rings. The molecule has 0 aromatic carbocycles. The molecule has 1 heterocycles. The number of carbonyl (C=O) groups excluding carboxylic acids is 1. The number of nitrogens with zero attached hydrogens (tertiary/aromatic N) is 3. The molecule has 1 aromatic rings. The Morgan fingerprint density at radius 2 is 2.18 bits per heavy atom. The van der Waals surface area contributed by atoms with Gasteiger partial charge >= 0.3 is 5.97 Å². The van der Waals surface area contributed by atoms with Crippen LogP contribution in [0.3, 0.4) is 0 Å². The molecule has 0 saturated carbocycles. The molecular weight excluding hydrogens is 244 g/mol. The van der Waals surface area contributed by atoms with E-state index in [9.17, 15) is 9.59 Å². The number of thioether (sulfide) groups is 1. The third kappa shape index (κ3) is 4.08. The third-order valence-electron chi connectivity index (χ3n) is 1.56. The lowest BCUT2D eigenvalue weighted by Gasteiger charge is -2.05. The number of nitriles is 1. The van der Waals surface area contributed by atoms with Crippen LogP contribution >= 0.6 is 11.8 Å². The number of anilines is 1. The second-order valence-electron chi connectivity index (χ2n) is 2.76. The van der Waals surface area contributed by atoms with Crippen LogP contribution in [0.4, 0.5) is 5.82 Å². The molecule has 1 amide bonds. The van der Waals surface area contributed by atoms with Crippen molar-refractivity contribution in [2.45, 2.75) is 0 Å². The van der Waals surface area contributed by atoms with Gasteiger partial charge in [0.05, 0.1) is 17.6 Å². The lowest BCUT2D eigenvalue weighted by atomic mass is 10.4. The SMILES string of the molecule is N#CCSCC(=O)Nc1nccnc1C(=O)O. The number of aromatic carboxylic acids is 1. The highest BCUT2D eigenvalue weighted by Gasteiger charge is 2.14. The fourth-order valence-electron chi connectivity index (χ4n) is 0.944. The number of aromatic nitrogens is 2. The largest absolute Gasteiger partial charge is 0.476 e. The summed E-state index contributed by atoms with van der Waals surface area (Å²) in [6.45, 7) is 0. The normalized spacial score (nSPS) is 9.35. The molecule has 1 aromatic heterocycles. The Kier molecular flexibility index (Phi) is 4.90. The first kappa shape index (κ1) is 12.9. The average molecular weight is 252 g/mol. The molecule has 0 saturated heterocycles. The van der Waals surface area contributed by atoms with E-state index in [1.807, 2.05) is 6.07 Å². The Hall–Kier alpha value is -2.14. The van der Waals surface area contributed by atoms with Gasteiger partial charge in [-0.3, -0.25) is 4.79 Å². The van der Waals surface area contributed by atoms with Crippen molar-refractivity contribution in [2.24, 2.45) is 0 Å². The van der Waals surface area contributed by atoms with Crippen LogP contribution in [0.15, 0.2) is 12.4 Å². The zero-order chi connectivity index (χ0) is 12.7. The Balaban J connectivity index is 2.65. The minimum atomic E-state index is -1.27. The van der Waals surface area contributed by atoms with Crippen LogP contribution in [0.5, 0.6) is 0 Å². The van der Waals surface area contributed by atoms with E-state index in [0.29, 0.717) is 0 Å². The van der Waals surface area contributed by atoms with Gasteiger partial charge in [-0.25, -0.2) is 14.8 Å². The lowest BCUT2D eigenvalue weighted by Crippen LogP contribution is -2.18. The zero-order valence-corrected chi connectivity index (χ0v) is 9.40. The van der Waals surface area contributed by atoms with Crippen LogP contribution in [-0.4, -0.2) is 38.5 Å². The summed E-state index contributed by atoms with van der Waals surface area (Å²) >= 11 is 1.13. The summed E-state index contributed by atoms with van der Waals surface area (Å²) in [5.41, 5.74) is -0.314. The maximum Gasteiger partial charge on any atom is 0.358 e. The number of carboxylic acids is 1.